The summed E-state index contributed by atoms with van der Waals surface area (Å²) in [5.74, 6) is 0.565. The third kappa shape index (κ3) is 0.791. The maximum atomic E-state index is 11.3. The number of aliphatic hydroxyl groups excluding tert-OH is 1. The third-order valence-corrected chi connectivity index (χ3v) is 3.54. The number of carbonyl (C=O) groups excluding carboxylic acids is 1. The van der Waals surface area contributed by atoms with Gasteiger partial charge in [-0.05, 0) is 19.3 Å². The van der Waals surface area contributed by atoms with Crippen molar-refractivity contribution < 1.29 is 9.90 Å². The van der Waals surface area contributed by atoms with Gasteiger partial charge in [0.15, 0.2) is 0 Å². The number of fused-ring (bicyclic) bond motifs is 1. The minimum Gasteiger partial charge on any atom is -0.393 e. The Bertz CT molecular complexity index is 200. The van der Waals surface area contributed by atoms with E-state index in [1.807, 2.05) is 6.92 Å². The van der Waals surface area contributed by atoms with Crippen molar-refractivity contribution in [3.05, 3.63) is 0 Å². The molecule has 2 aliphatic rings. The van der Waals surface area contributed by atoms with E-state index < -0.39 is 0 Å². The van der Waals surface area contributed by atoms with Crippen molar-refractivity contribution in [2.75, 3.05) is 0 Å². The average molecular weight is 154 g/mol. The van der Waals surface area contributed by atoms with Gasteiger partial charge in [0, 0.05) is 17.8 Å². The zero-order valence-electron chi connectivity index (χ0n) is 6.84. The Hall–Kier alpha value is -0.370. The number of carbonyl (C=O) groups is 1. The van der Waals surface area contributed by atoms with Gasteiger partial charge >= 0.3 is 0 Å². The van der Waals surface area contributed by atoms with Crippen LogP contribution in [0.15, 0.2) is 0 Å². The maximum Gasteiger partial charge on any atom is 0.136 e. The summed E-state index contributed by atoms with van der Waals surface area (Å²) in [6, 6.07) is 0. The zero-order valence-corrected chi connectivity index (χ0v) is 6.84. The van der Waals surface area contributed by atoms with Gasteiger partial charge in [-0.25, -0.2) is 0 Å². The Balaban J connectivity index is 2.19. The van der Waals surface area contributed by atoms with Gasteiger partial charge in [-0.15, -0.1) is 0 Å². The first-order valence-electron chi connectivity index (χ1n) is 4.35. The number of hydrogen-bond acceptors (Lipinski definition) is 2. The van der Waals surface area contributed by atoms with Crippen LogP contribution in [0.3, 0.4) is 0 Å². The van der Waals surface area contributed by atoms with Crippen LogP contribution in [0.4, 0.5) is 0 Å². The van der Waals surface area contributed by atoms with Crippen molar-refractivity contribution in [2.24, 2.45) is 11.3 Å². The molecule has 0 saturated heterocycles. The molecule has 0 radical (unpaired) electrons. The molecule has 0 aromatic rings. The lowest BCUT2D eigenvalue weighted by molar-refractivity contribution is -0.162. The third-order valence-electron chi connectivity index (χ3n) is 3.54. The Morgan fingerprint density at radius 2 is 2.36 bits per heavy atom. The first kappa shape index (κ1) is 7.29. The predicted molar refractivity (Wildman–Crippen MR) is 41.1 cm³/mol. The molecule has 2 fully saturated rings. The van der Waals surface area contributed by atoms with E-state index in [1.165, 1.54) is 0 Å². The zero-order chi connectivity index (χ0) is 8.06. The van der Waals surface area contributed by atoms with Gasteiger partial charge in [0.1, 0.15) is 5.78 Å². The van der Waals surface area contributed by atoms with Crippen molar-refractivity contribution in [2.45, 2.75) is 38.7 Å². The summed E-state index contributed by atoms with van der Waals surface area (Å²) in [4.78, 5) is 11.3. The first-order valence-corrected chi connectivity index (χ1v) is 4.35. The van der Waals surface area contributed by atoms with E-state index in [2.05, 4.69) is 0 Å². The average Bonchev–Trinajstić information content (AvgIpc) is 1.97. The summed E-state index contributed by atoms with van der Waals surface area (Å²) in [7, 11) is 0. The molecule has 0 aromatic carbocycles. The van der Waals surface area contributed by atoms with E-state index in [1.54, 1.807) is 0 Å². The monoisotopic (exact) mass is 154 g/mol. The molecular formula is C9H14O2. The fourth-order valence-corrected chi connectivity index (χ4v) is 2.49. The highest BCUT2D eigenvalue weighted by Crippen LogP contribution is 2.53. The van der Waals surface area contributed by atoms with Gasteiger partial charge in [-0.1, -0.05) is 6.92 Å². The van der Waals surface area contributed by atoms with E-state index in [-0.39, 0.29) is 17.4 Å². The molecule has 0 spiro atoms. The van der Waals surface area contributed by atoms with Crippen LogP contribution in [-0.4, -0.2) is 17.0 Å². The van der Waals surface area contributed by atoms with Gasteiger partial charge < -0.3 is 5.11 Å². The number of ketones is 1. The summed E-state index contributed by atoms with van der Waals surface area (Å²) in [6.45, 7) is 2.04. The van der Waals surface area contributed by atoms with Crippen LogP contribution in [0.5, 0.6) is 0 Å². The highest BCUT2D eigenvalue weighted by atomic mass is 16.3. The fourth-order valence-electron chi connectivity index (χ4n) is 2.49. The minimum atomic E-state index is -0.211. The molecule has 3 unspecified atom stereocenters. The Morgan fingerprint density at radius 3 is 2.91 bits per heavy atom. The largest absolute Gasteiger partial charge is 0.393 e. The van der Waals surface area contributed by atoms with Crippen LogP contribution in [0.1, 0.15) is 32.6 Å². The van der Waals surface area contributed by atoms with Crippen molar-refractivity contribution >= 4 is 5.78 Å². The Labute approximate surface area is 66.6 Å². The van der Waals surface area contributed by atoms with Crippen LogP contribution >= 0.6 is 0 Å². The second-order valence-corrected chi connectivity index (χ2v) is 4.13. The molecule has 2 rings (SSSR count). The molecule has 0 aliphatic heterocycles. The van der Waals surface area contributed by atoms with Crippen LogP contribution in [0.25, 0.3) is 0 Å². The molecule has 0 bridgehead atoms. The Morgan fingerprint density at radius 1 is 1.64 bits per heavy atom. The highest BCUT2D eigenvalue weighted by Gasteiger charge is 2.55. The summed E-state index contributed by atoms with van der Waals surface area (Å²) in [5, 5.41) is 9.47. The standard InChI is InChI=1S/C9H14O2/c1-9-4-2-3-7(10)6(9)5-8(9)11/h6,8,11H,2-5H2,1H3. The van der Waals surface area contributed by atoms with E-state index >= 15 is 0 Å². The molecule has 2 nitrogen and oxygen atoms in total. The molecule has 2 heteroatoms. The van der Waals surface area contributed by atoms with Crippen molar-refractivity contribution in [3.63, 3.8) is 0 Å². The van der Waals surface area contributed by atoms with Gasteiger partial charge in [0.2, 0.25) is 0 Å². The topological polar surface area (TPSA) is 37.3 Å². The molecule has 62 valence electrons. The molecular weight excluding hydrogens is 140 g/mol. The molecule has 3 atom stereocenters. The predicted octanol–water partition coefficient (Wildman–Crippen LogP) is 1.13. The van der Waals surface area contributed by atoms with Crippen molar-refractivity contribution in [1.82, 2.24) is 0 Å². The smallest absolute Gasteiger partial charge is 0.136 e. The molecule has 2 aliphatic carbocycles. The molecule has 0 heterocycles. The molecule has 0 amide bonds. The number of hydrogen-bond donors (Lipinski definition) is 1. The van der Waals surface area contributed by atoms with Crippen molar-refractivity contribution in [3.8, 4) is 0 Å². The van der Waals surface area contributed by atoms with Gasteiger partial charge in [-0.3, -0.25) is 4.79 Å². The maximum absolute atomic E-state index is 11.3. The van der Waals surface area contributed by atoms with Gasteiger partial charge in [0.05, 0.1) is 6.10 Å². The highest BCUT2D eigenvalue weighted by molar-refractivity contribution is 5.83. The first-order chi connectivity index (χ1) is 5.14. The van der Waals surface area contributed by atoms with Gasteiger partial charge in [-0.2, -0.15) is 0 Å². The molecule has 11 heavy (non-hydrogen) atoms. The summed E-state index contributed by atoms with van der Waals surface area (Å²) >= 11 is 0. The van der Waals surface area contributed by atoms with Crippen LogP contribution < -0.4 is 0 Å². The second kappa shape index (κ2) is 2.07. The lowest BCUT2D eigenvalue weighted by Gasteiger charge is -2.53. The summed E-state index contributed by atoms with van der Waals surface area (Å²) < 4.78 is 0. The lowest BCUT2D eigenvalue weighted by atomic mass is 9.52. The van der Waals surface area contributed by atoms with Crippen molar-refractivity contribution in [1.29, 1.82) is 0 Å². The van der Waals surface area contributed by atoms with E-state index in [9.17, 15) is 9.90 Å². The second-order valence-electron chi connectivity index (χ2n) is 4.13. The van der Waals surface area contributed by atoms with Crippen LogP contribution in [0.2, 0.25) is 0 Å². The van der Waals surface area contributed by atoms with E-state index in [0.29, 0.717) is 5.78 Å². The normalized spacial score (nSPS) is 49.8. The quantitative estimate of drug-likeness (QED) is 0.568. The lowest BCUT2D eigenvalue weighted by Crippen LogP contribution is -2.56. The Kier molecular flexibility index (Phi) is 1.37. The fraction of sp³-hybridized carbons (Fsp3) is 0.889. The van der Waals surface area contributed by atoms with E-state index in [0.717, 1.165) is 25.7 Å². The number of Topliss-reactive ketones (excluding diaryl/α,β-unsaturated/α-hetero) is 1. The molecule has 1 N–H and O–H groups in total. The number of rotatable bonds is 0. The van der Waals surface area contributed by atoms with Crippen LogP contribution in [0, 0.1) is 11.3 Å². The SMILES string of the molecule is CC12CCCC(=O)C1CC2O. The molecule has 2 saturated carbocycles. The van der Waals surface area contributed by atoms with Crippen LogP contribution in [-0.2, 0) is 4.79 Å². The van der Waals surface area contributed by atoms with E-state index in [4.69, 9.17) is 0 Å². The van der Waals surface area contributed by atoms with Gasteiger partial charge in [0.25, 0.3) is 0 Å². The summed E-state index contributed by atoms with van der Waals surface area (Å²) in [5.41, 5.74) is -0.0463. The minimum absolute atomic E-state index is 0.0463. The molecule has 0 aromatic heterocycles. The number of aliphatic hydroxyl groups is 1. The summed E-state index contributed by atoms with van der Waals surface area (Å²) in [6.07, 6.45) is 3.26.